The lowest BCUT2D eigenvalue weighted by molar-refractivity contribution is -0.124. The van der Waals surface area contributed by atoms with Gasteiger partial charge in [-0.1, -0.05) is 68.3 Å². The number of ketones is 1. The van der Waals surface area contributed by atoms with Crippen LogP contribution in [-0.2, 0) is 9.59 Å². The van der Waals surface area contributed by atoms with E-state index in [0.29, 0.717) is 12.0 Å². The fourth-order valence-electron chi connectivity index (χ4n) is 2.84. The molecule has 0 aliphatic carbocycles. The number of nitrogens with one attached hydrogen (secondary N) is 2. The van der Waals surface area contributed by atoms with Gasteiger partial charge in [-0.3, -0.25) is 14.4 Å². The third-order valence-electron chi connectivity index (χ3n) is 4.31. The van der Waals surface area contributed by atoms with E-state index in [1.54, 1.807) is 6.07 Å². The number of hydrogen-bond acceptors (Lipinski definition) is 3. The second-order valence-corrected chi connectivity index (χ2v) is 6.46. The first kappa shape index (κ1) is 20.4. The molecular formula is C22H26N2O3. The number of carbonyl (C=O) groups excluding carboxylic acids is 3. The molecule has 0 spiro atoms. The fraction of sp³-hybridized carbons (Fsp3) is 0.318. The van der Waals surface area contributed by atoms with Gasteiger partial charge in [-0.05, 0) is 23.6 Å². The van der Waals surface area contributed by atoms with Gasteiger partial charge in [-0.15, -0.1) is 0 Å². The Hall–Kier alpha value is -2.95. The molecule has 142 valence electrons. The Morgan fingerprint density at radius 1 is 0.963 bits per heavy atom. The van der Waals surface area contributed by atoms with Gasteiger partial charge in [0.05, 0.1) is 12.6 Å². The zero-order chi connectivity index (χ0) is 19.6. The van der Waals surface area contributed by atoms with Gasteiger partial charge in [-0.2, -0.15) is 0 Å². The highest BCUT2D eigenvalue weighted by Crippen LogP contribution is 2.23. The highest BCUT2D eigenvalue weighted by molar-refractivity contribution is 6.03. The van der Waals surface area contributed by atoms with Gasteiger partial charge in [0, 0.05) is 12.5 Å². The topological polar surface area (TPSA) is 75.3 Å². The summed E-state index contributed by atoms with van der Waals surface area (Å²) in [6, 6.07) is 16.4. The summed E-state index contributed by atoms with van der Waals surface area (Å²) in [6.45, 7) is 3.31. The number of carbonyl (C=O) groups is 3. The molecule has 2 aromatic carbocycles. The summed E-state index contributed by atoms with van der Waals surface area (Å²) in [5.41, 5.74) is 2.29. The molecule has 1 atom stereocenters. The number of Topliss-reactive ketones (excluding diaryl/α,β-unsaturated/α-hetero) is 1. The van der Waals surface area contributed by atoms with Gasteiger partial charge in [0.15, 0.2) is 5.78 Å². The van der Waals surface area contributed by atoms with Crippen molar-refractivity contribution in [1.82, 2.24) is 10.6 Å². The van der Waals surface area contributed by atoms with Crippen LogP contribution in [0.25, 0.3) is 11.1 Å². The van der Waals surface area contributed by atoms with Crippen LogP contribution in [-0.4, -0.2) is 30.2 Å². The minimum atomic E-state index is -0.617. The van der Waals surface area contributed by atoms with E-state index in [1.165, 1.54) is 6.92 Å². The normalized spacial score (nSPS) is 11.5. The Balaban J connectivity index is 2.20. The molecule has 0 bridgehead atoms. The summed E-state index contributed by atoms with van der Waals surface area (Å²) in [6.07, 6.45) is 2.28. The fourth-order valence-corrected chi connectivity index (χ4v) is 2.84. The van der Waals surface area contributed by atoms with Crippen molar-refractivity contribution in [2.24, 2.45) is 0 Å². The van der Waals surface area contributed by atoms with Gasteiger partial charge >= 0.3 is 0 Å². The van der Waals surface area contributed by atoms with E-state index in [0.717, 1.165) is 24.0 Å². The first-order valence-electron chi connectivity index (χ1n) is 9.25. The maximum atomic E-state index is 12.9. The van der Waals surface area contributed by atoms with Crippen LogP contribution in [0.3, 0.4) is 0 Å². The predicted octanol–water partition coefficient (Wildman–Crippen LogP) is 3.35. The van der Waals surface area contributed by atoms with Crippen LogP contribution in [0.15, 0.2) is 54.6 Å². The number of benzene rings is 2. The van der Waals surface area contributed by atoms with Crippen molar-refractivity contribution in [2.45, 2.75) is 39.2 Å². The smallest absolute Gasteiger partial charge is 0.252 e. The van der Waals surface area contributed by atoms with E-state index in [1.807, 2.05) is 55.5 Å². The highest BCUT2D eigenvalue weighted by Gasteiger charge is 2.22. The van der Waals surface area contributed by atoms with Crippen molar-refractivity contribution >= 4 is 17.6 Å². The zero-order valence-electron chi connectivity index (χ0n) is 15.8. The van der Waals surface area contributed by atoms with E-state index < -0.39 is 6.04 Å². The molecule has 2 rings (SSSR count). The molecule has 0 saturated heterocycles. The predicted molar refractivity (Wildman–Crippen MR) is 106 cm³/mol. The molecule has 1 unspecified atom stereocenters. The van der Waals surface area contributed by atoms with Gasteiger partial charge in [-0.25, -0.2) is 0 Å². The maximum absolute atomic E-state index is 12.9. The average Bonchev–Trinajstić information content (AvgIpc) is 2.69. The first-order valence-corrected chi connectivity index (χ1v) is 9.25. The minimum absolute atomic E-state index is 0.0790. The summed E-state index contributed by atoms with van der Waals surface area (Å²) < 4.78 is 0. The second kappa shape index (κ2) is 10.3. The van der Waals surface area contributed by atoms with Crippen LogP contribution in [0.5, 0.6) is 0 Å². The lowest BCUT2D eigenvalue weighted by Crippen LogP contribution is -2.45. The second-order valence-electron chi connectivity index (χ2n) is 6.46. The molecule has 2 amide bonds. The highest BCUT2D eigenvalue weighted by atomic mass is 16.2. The zero-order valence-corrected chi connectivity index (χ0v) is 15.8. The van der Waals surface area contributed by atoms with Crippen LogP contribution >= 0.6 is 0 Å². The van der Waals surface area contributed by atoms with Crippen molar-refractivity contribution in [3.8, 4) is 11.1 Å². The summed E-state index contributed by atoms with van der Waals surface area (Å²) in [5.74, 6) is -0.741. The van der Waals surface area contributed by atoms with Crippen molar-refractivity contribution < 1.29 is 14.4 Å². The van der Waals surface area contributed by atoms with Gasteiger partial charge < -0.3 is 10.6 Å². The summed E-state index contributed by atoms with van der Waals surface area (Å²) in [5, 5.41) is 5.37. The number of unbranched alkanes of at least 4 members (excludes halogenated alkanes) is 1. The van der Waals surface area contributed by atoms with Crippen LogP contribution in [0.1, 0.15) is 43.5 Å². The Labute approximate surface area is 160 Å². The van der Waals surface area contributed by atoms with Crippen molar-refractivity contribution in [1.29, 1.82) is 0 Å². The maximum Gasteiger partial charge on any atom is 0.252 e. The lowest BCUT2D eigenvalue weighted by atomic mass is 9.98. The molecule has 0 aliphatic rings. The standard InChI is InChI=1S/C22H26N2O3/c1-3-4-14-20(21(26)15-23-16(2)25)24-22(27)19-13-9-8-12-18(19)17-10-6-5-7-11-17/h5-13,20H,3-4,14-15H2,1-2H3,(H,23,25)(H,24,27). The van der Waals surface area contributed by atoms with Crippen molar-refractivity contribution in [3.63, 3.8) is 0 Å². The van der Waals surface area contributed by atoms with Crippen molar-refractivity contribution in [3.05, 3.63) is 60.2 Å². The number of amides is 2. The molecular weight excluding hydrogens is 340 g/mol. The third kappa shape index (κ3) is 6.06. The summed E-state index contributed by atoms with van der Waals surface area (Å²) >= 11 is 0. The van der Waals surface area contributed by atoms with Gasteiger partial charge in [0.2, 0.25) is 5.91 Å². The Kier molecular flexibility index (Phi) is 7.74. The van der Waals surface area contributed by atoms with Gasteiger partial charge in [0.25, 0.3) is 5.91 Å². The minimum Gasteiger partial charge on any atom is -0.349 e. The quantitative estimate of drug-likeness (QED) is 0.715. The monoisotopic (exact) mass is 366 g/mol. The molecule has 27 heavy (non-hydrogen) atoms. The molecule has 2 N–H and O–H groups in total. The molecule has 0 aromatic heterocycles. The van der Waals surface area contributed by atoms with E-state index in [9.17, 15) is 14.4 Å². The third-order valence-corrected chi connectivity index (χ3v) is 4.31. The molecule has 0 heterocycles. The molecule has 2 aromatic rings. The Morgan fingerprint density at radius 2 is 1.63 bits per heavy atom. The molecule has 5 heteroatoms. The Bertz CT molecular complexity index is 787. The summed E-state index contributed by atoms with van der Waals surface area (Å²) in [4.78, 5) is 36.4. The number of rotatable bonds is 9. The molecule has 0 aliphatic heterocycles. The lowest BCUT2D eigenvalue weighted by Gasteiger charge is -2.19. The van der Waals surface area contributed by atoms with E-state index in [2.05, 4.69) is 10.6 Å². The first-order chi connectivity index (χ1) is 13.0. The van der Waals surface area contributed by atoms with E-state index in [-0.39, 0.29) is 24.1 Å². The van der Waals surface area contributed by atoms with Crippen LogP contribution in [0.2, 0.25) is 0 Å². The molecule has 5 nitrogen and oxygen atoms in total. The summed E-state index contributed by atoms with van der Waals surface area (Å²) in [7, 11) is 0. The number of hydrogen-bond donors (Lipinski definition) is 2. The van der Waals surface area contributed by atoms with Crippen molar-refractivity contribution in [2.75, 3.05) is 6.54 Å². The average molecular weight is 366 g/mol. The van der Waals surface area contributed by atoms with Crippen LogP contribution in [0, 0.1) is 0 Å². The Morgan fingerprint density at radius 3 is 2.30 bits per heavy atom. The van der Waals surface area contributed by atoms with E-state index >= 15 is 0 Å². The molecule has 0 saturated carbocycles. The largest absolute Gasteiger partial charge is 0.349 e. The van der Waals surface area contributed by atoms with E-state index in [4.69, 9.17) is 0 Å². The van der Waals surface area contributed by atoms with Gasteiger partial charge in [0.1, 0.15) is 0 Å². The SMILES string of the molecule is CCCCC(NC(=O)c1ccccc1-c1ccccc1)C(=O)CNC(C)=O. The molecule has 0 radical (unpaired) electrons. The van der Waals surface area contributed by atoms with Crippen LogP contribution in [0.4, 0.5) is 0 Å². The van der Waals surface area contributed by atoms with Crippen LogP contribution < -0.4 is 10.6 Å². The molecule has 0 fully saturated rings.